The lowest BCUT2D eigenvalue weighted by atomic mass is 10.0. The Morgan fingerprint density at radius 1 is 1.67 bits per heavy atom. The molecule has 1 rings (SSSR count). The molecule has 0 saturated heterocycles. The monoisotopic (exact) mass is 227 g/mol. The van der Waals surface area contributed by atoms with Gasteiger partial charge in [0.25, 0.3) is 0 Å². The van der Waals surface area contributed by atoms with Gasteiger partial charge in [-0.05, 0) is 17.7 Å². The number of methoxy groups -OCH3 is 1. The Morgan fingerprint density at radius 2 is 2.33 bits per heavy atom. The van der Waals surface area contributed by atoms with Crippen molar-refractivity contribution in [3.05, 3.63) is 34.6 Å². The number of halogens is 2. The van der Waals surface area contributed by atoms with Gasteiger partial charge in [0.05, 0.1) is 12.7 Å². The summed E-state index contributed by atoms with van der Waals surface area (Å²) in [6, 6.07) is 4.20. The molecule has 0 aliphatic rings. The largest absolute Gasteiger partial charge is 0.465 e. The van der Waals surface area contributed by atoms with Gasteiger partial charge in [0, 0.05) is 5.88 Å². The van der Waals surface area contributed by atoms with E-state index in [4.69, 9.17) is 16.9 Å². The highest BCUT2D eigenvalue weighted by atomic mass is 35.5. The molecule has 0 aliphatic carbocycles. The molecule has 78 valence electrons. The summed E-state index contributed by atoms with van der Waals surface area (Å²) in [7, 11) is 1.12. The fraction of sp³-hybridized carbons (Fsp3) is 0.200. The van der Waals surface area contributed by atoms with E-state index in [9.17, 15) is 9.18 Å². The second kappa shape index (κ2) is 4.76. The molecule has 0 unspecified atom stereocenters. The number of carbonyl (C=O) groups is 1. The van der Waals surface area contributed by atoms with Crippen molar-refractivity contribution < 1.29 is 13.9 Å². The molecular weight excluding hydrogens is 221 g/mol. The number of hydrogen-bond acceptors (Lipinski definition) is 3. The minimum atomic E-state index is -0.870. The summed E-state index contributed by atoms with van der Waals surface area (Å²) in [5, 5.41) is 8.74. The molecular formula is C10H7ClFNO2. The van der Waals surface area contributed by atoms with E-state index in [1.807, 2.05) is 0 Å². The fourth-order valence-electron chi connectivity index (χ4n) is 1.14. The summed E-state index contributed by atoms with van der Waals surface area (Å²) in [6.07, 6.45) is 0. The summed E-state index contributed by atoms with van der Waals surface area (Å²) in [5.41, 5.74) is 0.0183. The van der Waals surface area contributed by atoms with Crippen LogP contribution in [-0.2, 0) is 10.6 Å². The maximum absolute atomic E-state index is 13.4. The molecule has 5 heteroatoms. The highest BCUT2D eigenvalue weighted by molar-refractivity contribution is 6.17. The molecule has 0 heterocycles. The average molecular weight is 228 g/mol. The maximum Gasteiger partial charge on any atom is 0.342 e. The van der Waals surface area contributed by atoms with E-state index < -0.39 is 11.8 Å². The van der Waals surface area contributed by atoms with E-state index in [0.29, 0.717) is 5.56 Å². The van der Waals surface area contributed by atoms with E-state index in [0.717, 1.165) is 13.2 Å². The molecule has 0 spiro atoms. The number of alkyl halides is 1. The van der Waals surface area contributed by atoms with Crippen molar-refractivity contribution in [1.82, 2.24) is 0 Å². The molecule has 0 amide bonds. The van der Waals surface area contributed by atoms with Gasteiger partial charge in [-0.1, -0.05) is 0 Å². The number of nitrogens with zero attached hydrogens (tertiary/aromatic N) is 1. The molecule has 0 fully saturated rings. The summed E-state index contributed by atoms with van der Waals surface area (Å²) in [5.74, 6) is -1.59. The second-order valence-electron chi connectivity index (χ2n) is 2.74. The smallest absolute Gasteiger partial charge is 0.342 e. The number of carbonyl (C=O) groups excluding carboxylic acids is 1. The summed E-state index contributed by atoms with van der Waals surface area (Å²) in [6.45, 7) is 0. The van der Waals surface area contributed by atoms with Crippen molar-refractivity contribution in [2.45, 2.75) is 5.88 Å². The van der Waals surface area contributed by atoms with Crippen molar-refractivity contribution in [1.29, 1.82) is 5.26 Å². The van der Waals surface area contributed by atoms with Crippen molar-refractivity contribution >= 4 is 17.6 Å². The first-order chi connectivity index (χ1) is 7.13. The molecule has 0 aliphatic heterocycles. The number of hydrogen-bond donors (Lipinski definition) is 0. The lowest BCUT2D eigenvalue weighted by Crippen LogP contribution is -2.08. The highest BCUT2D eigenvalue weighted by Gasteiger charge is 2.18. The lowest BCUT2D eigenvalue weighted by Gasteiger charge is -2.05. The van der Waals surface area contributed by atoms with Gasteiger partial charge in [0.15, 0.2) is 0 Å². The molecule has 1 aromatic carbocycles. The molecule has 0 N–H and O–H groups in total. The summed E-state index contributed by atoms with van der Waals surface area (Å²) >= 11 is 5.50. The van der Waals surface area contributed by atoms with E-state index >= 15 is 0 Å². The molecule has 0 saturated carbocycles. The van der Waals surface area contributed by atoms with Gasteiger partial charge in [-0.2, -0.15) is 5.26 Å². The van der Waals surface area contributed by atoms with Crippen LogP contribution in [0, 0.1) is 17.1 Å². The molecule has 3 nitrogen and oxygen atoms in total. The number of rotatable bonds is 2. The zero-order valence-corrected chi connectivity index (χ0v) is 8.64. The second-order valence-corrected chi connectivity index (χ2v) is 3.00. The number of ether oxygens (including phenoxy) is 1. The predicted molar refractivity (Wildman–Crippen MR) is 52.0 cm³/mol. The summed E-state index contributed by atoms with van der Waals surface area (Å²) in [4.78, 5) is 11.2. The van der Waals surface area contributed by atoms with E-state index in [-0.39, 0.29) is 17.0 Å². The van der Waals surface area contributed by atoms with Crippen molar-refractivity contribution in [3.63, 3.8) is 0 Å². The highest BCUT2D eigenvalue weighted by Crippen LogP contribution is 2.18. The van der Waals surface area contributed by atoms with Crippen LogP contribution in [0.2, 0.25) is 0 Å². The van der Waals surface area contributed by atoms with Crippen molar-refractivity contribution in [2.24, 2.45) is 0 Å². The molecule has 0 radical (unpaired) electrons. The Hall–Kier alpha value is -1.60. The van der Waals surface area contributed by atoms with Crippen LogP contribution in [0.1, 0.15) is 21.5 Å². The number of esters is 1. The first-order valence-corrected chi connectivity index (χ1v) is 4.54. The lowest BCUT2D eigenvalue weighted by molar-refractivity contribution is 0.0595. The zero-order valence-electron chi connectivity index (χ0n) is 7.88. The topological polar surface area (TPSA) is 50.1 Å². The van der Waals surface area contributed by atoms with Gasteiger partial charge >= 0.3 is 5.97 Å². The van der Waals surface area contributed by atoms with Crippen LogP contribution >= 0.6 is 11.6 Å². The minimum Gasteiger partial charge on any atom is -0.465 e. The quantitative estimate of drug-likeness (QED) is 0.575. The Kier molecular flexibility index (Phi) is 3.64. The summed E-state index contributed by atoms with van der Waals surface area (Å²) < 4.78 is 17.8. The predicted octanol–water partition coefficient (Wildman–Crippen LogP) is 2.22. The van der Waals surface area contributed by atoms with Gasteiger partial charge in [0.2, 0.25) is 0 Å². The van der Waals surface area contributed by atoms with Crippen LogP contribution in [0.15, 0.2) is 12.1 Å². The van der Waals surface area contributed by atoms with Gasteiger partial charge in [-0.15, -0.1) is 11.6 Å². The van der Waals surface area contributed by atoms with Crippen LogP contribution in [0.25, 0.3) is 0 Å². The van der Waals surface area contributed by atoms with Crippen LogP contribution in [0.5, 0.6) is 0 Å². The van der Waals surface area contributed by atoms with Gasteiger partial charge in [0.1, 0.15) is 17.4 Å². The molecule has 0 bridgehead atoms. The van der Waals surface area contributed by atoms with Crippen LogP contribution in [-0.4, -0.2) is 13.1 Å². The normalized spacial score (nSPS) is 9.47. The van der Waals surface area contributed by atoms with Crippen LogP contribution < -0.4 is 0 Å². The van der Waals surface area contributed by atoms with Gasteiger partial charge in [-0.3, -0.25) is 0 Å². The van der Waals surface area contributed by atoms with Crippen molar-refractivity contribution in [3.8, 4) is 6.07 Å². The SMILES string of the molecule is COC(=O)c1c(F)cc(CCl)cc1C#N. The van der Waals surface area contributed by atoms with Crippen LogP contribution in [0.3, 0.4) is 0 Å². The standard InChI is InChI=1S/C10H7ClFNO2/c1-15-10(14)9-7(5-13)2-6(4-11)3-8(9)12/h2-3H,4H2,1H3. The Balaban J connectivity index is 3.39. The van der Waals surface area contributed by atoms with E-state index in [1.165, 1.54) is 6.07 Å². The van der Waals surface area contributed by atoms with Crippen molar-refractivity contribution in [2.75, 3.05) is 7.11 Å². The third kappa shape index (κ3) is 2.25. The molecule has 0 atom stereocenters. The number of benzene rings is 1. The average Bonchev–Trinajstić information content (AvgIpc) is 2.26. The van der Waals surface area contributed by atoms with E-state index in [1.54, 1.807) is 6.07 Å². The third-order valence-corrected chi connectivity index (χ3v) is 2.12. The molecule has 15 heavy (non-hydrogen) atoms. The van der Waals surface area contributed by atoms with E-state index in [2.05, 4.69) is 4.74 Å². The zero-order chi connectivity index (χ0) is 11.4. The molecule has 0 aromatic heterocycles. The minimum absolute atomic E-state index is 0.0718. The Morgan fingerprint density at radius 3 is 2.80 bits per heavy atom. The van der Waals surface area contributed by atoms with Crippen LogP contribution in [0.4, 0.5) is 4.39 Å². The molecule has 1 aromatic rings. The number of nitriles is 1. The Labute approximate surface area is 91.0 Å². The Bertz CT molecular complexity index is 440. The third-order valence-electron chi connectivity index (χ3n) is 1.81. The first kappa shape index (κ1) is 11.5. The van der Waals surface area contributed by atoms with Gasteiger partial charge < -0.3 is 4.74 Å². The fourth-order valence-corrected chi connectivity index (χ4v) is 1.29. The maximum atomic E-state index is 13.4. The van der Waals surface area contributed by atoms with Gasteiger partial charge in [-0.25, -0.2) is 9.18 Å². The first-order valence-electron chi connectivity index (χ1n) is 4.00.